The van der Waals surface area contributed by atoms with Gasteiger partial charge in [0.05, 0.1) is 29.6 Å². The maximum atomic E-state index is 11.6. The molecule has 1 heterocycles. The minimum Gasteiger partial charge on any atom is -0.465 e. The maximum absolute atomic E-state index is 11.6. The molecular formula is C16H18ClN5O2. The Balaban J connectivity index is 1.76. The topological polar surface area (TPSA) is 89.0 Å². The smallest absolute Gasteiger partial charge is 0.337 e. The average molecular weight is 348 g/mol. The fourth-order valence-electron chi connectivity index (χ4n) is 2.68. The Kier molecular flexibility index (Phi) is 5.10. The highest BCUT2D eigenvalue weighted by atomic mass is 35.5. The van der Waals surface area contributed by atoms with Gasteiger partial charge in [0.2, 0.25) is 5.95 Å². The summed E-state index contributed by atoms with van der Waals surface area (Å²) in [6, 6.07) is 5.24. The van der Waals surface area contributed by atoms with E-state index in [0.29, 0.717) is 34.1 Å². The van der Waals surface area contributed by atoms with Gasteiger partial charge in [-0.25, -0.2) is 4.79 Å². The van der Waals surface area contributed by atoms with E-state index < -0.39 is 5.97 Å². The average Bonchev–Trinajstić information content (AvgIpc) is 3.09. The first-order valence-corrected chi connectivity index (χ1v) is 8.14. The van der Waals surface area contributed by atoms with Gasteiger partial charge < -0.3 is 15.4 Å². The van der Waals surface area contributed by atoms with E-state index in [0.717, 1.165) is 12.8 Å². The molecule has 3 rings (SSSR count). The zero-order valence-electron chi connectivity index (χ0n) is 13.3. The number of nitrogens with zero attached hydrogens (tertiary/aromatic N) is 3. The molecule has 0 aliphatic heterocycles. The molecule has 0 radical (unpaired) electrons. The molecule has 1 aliphatic carbocycles. The van der Waals surface area contributed by atoms with Gasteiger partial charge in [0, 0.05) is 6.04 Å². The van der Waals surface area contributed by atoms with Gasteiger partial charge in [-0.3, -0.25) is 0 Å². The number of methoxy groups -OCH3 is 1. The van der Waals surface area contributed by atoms with Crippen molar-refractivity contribution in [1.29, 1.82) is 0 Å². The molecule has 0 spiro atoms. The molecule has 1 aromatic heterocycles. The summed E-state index contributed by atoms with van der Waals surface area (Å²) in [4.78, 5) is 16.0. The summed E-state index contributed by atoms with van der Waals surface area (Å²) in [6.45, 7) is 0. The SMILES string of the molecule is COC(=O)c1ccc(Cl)c(Nc2cnnc(NC3CCCC3)n2)c1. The molecule has 1 aliphatic rings. The van der Waals surface area contributed by atoms with Crippen molar-refractivity contribution in [2.24, 2.45) is 0 Å². The van der Waals surface area contributed by atoms with Crippen LogP contribution < -0.4 is 10.6 Å². The van der Waals surface area contributed by atoms with Crippen LogP contribution in [0, 0.1) is 0 Å². The number of nitrogens with one attached hydrogen (secondary N) is 2. The number of aromatic nitrogens is 3. The number of benzene rings is 1. The van der Waals surface area contributed by atoms with Crippen molar-refractivity contribution in [3.63, 3.8) is 0 Å². The number of hydrogen-bond donors (Lipinski definition) is 2. The molecule has 0 saturated heterocycles. The Hall–Kier alpha value is -2.41. The molecule has 1 saturated carbocycles. The number of ether oxygens (including phenoxy) is 1. The first-order chi connectivity index (χ1) is 11.7. The van der Waals surface area contributed by atoms with Crippen LogP contribution in [-0.2, 0) is 4.74 Å². The summed E-state index contributed by atoms with van der Waals surface area (Å²) in [6.07, 6.45) is 6.18. The lowest BCUT2D eigenvalue weighted by Crippen LogP contribution is -2.17. The van der Waals surface area contributed by atoms with Crippen molar-refractivity contribution < 1.29 is 9.53 Å². The molecule has 7 nitrogen and oxygen atoms in total. The van der Waals surface area contributed by atoms with Gasteiger partial charge in [-0.2, -0.15) is 10.1 Å². The predicted octanol–water partition coefficient (Wildman–Crippen LogP) is 3.41. The van der Waals surface area contributed by atoms with Crippen LogP contribution in [0.4, 0.5) is 17.5 Å². The van der Waals surface area contributed by atoms with E-state index >= 15 is 0 Å². The van der Waals surface area contributed by atoms with Gasteiger partial charge in [0.15, 0.2) is 5.82 Å². The van der Waals surface area contributed by atoms with E-state index in [-0.39, 0.29) is 0 Å². The molecule has 24 heavy (non-hydrogen) atoms. The van der Waals surface area contributed by atoms with Crippen molar-refractivity contribution in [3.8, 4) is 0 Å². The molecule has 1 fully saturated rings. The van der Waals surface area contributed by atoms with E-state index in [9.17, 15) is 4.79 Å². The van der Waals surface area contributed by atoms with Gasteiger partial charge in [-0.15, -0.1) is 5.10 Å². The van der Waals surface area contributed by atoms with Crippen LogP contribution in [0.25, 0.3) is 0 Å². The monoisotopic (exact) mass is 347 g/mol. The lowest BCUT2D eigenvalue weighted by atomic mass is 10.2. The van der Waals surface area contributed by atoms with Crippen LogP contribution in [-0.4, -0.2) is 34.3 Å². The van der Waals surface area contributed by atoms with Gasteiger partial charge >= 0.3 is 5.97 Å². The Bertz CT molecular complexity index is 734. The first-order valence-electron chi connectivity index (χ1n) is 7.77. The molecule has 0 atom stereocenters. The van der Waals surface area contributed by atoms with Crippen molar-refractivity contribution >= 4 is 35.0 Å². The van der Waals surface area contributed by atoms with Crippen LogP contribution in [0.1, 0.15) is 36.0 Å². The summed E-state index contributed by atoms with van der Waals surface area (Å²) in [5.41, 5.74) is 0.947. The number of carbonyl (C=O) groups is 1. The van der Waals surface area contributed by atoms with Crippen LogP contribution >= 0.6 is 11.6 Å². The molecule has 1 aromatic carbocycles. The predicted molar refractivity (Wildman–Crippen MR) is 91.8 cm³/mol. The molecule has 8 heteroatoms. The van der Waals surface area contributed by atoms with Crippen LogP contribution in [0.15, 0.2) is 24.4 Å². The van der Waals surface area contributed by atoms with E-state index in [1.54, 1.807) is 18.2 Å². The van der Waals surface area contributed by atoms with Crippen LogP contribution in [0.3, 0.4) is 0 Å². The van der Waals surface area contributed by atoms with E-state index in [1.165, 1.54) is 26.1 Å². The van der Waals surface area contributed by atoms with Crippen molar-refractivity contribution in [2.75, 3.05) is 17.7 Å². The molecule has 2 N–H and O–H groups in total. The third kappa shape index (κ3) is 3.91. The summed E-state index contributed by atoms with van der Waals surface area (Å²) < 4.78 is 4.72. The first kappa shape index (κ1) is 16.4. The minimum atomic E-state index is -0.431. The number of esters is 1. The molecule has 0 bridgehead atoms. The fraction of sp³-hybridized carbons (Fsp3) is 0.375. The van der Waals surface area contributed by atoms with Gasteiger partial charge in [-0.05, 0) is 31.0 Å². The Morgan fingerprint density at radius 3 is 2.88 bits per heavy atom. The van der Waals surface area contributed by atoms with Crippen molar-refractivity contribution in [1.82, 2.24) is 15.2 Å². The second-order valence-corrected chi connectivity index (χ2v) is 6.01. The standard InChI is InChI=1S/C16H18ClN5O2/c1-24-15(23)10-6-7-12(17)13(8-10)20-14-9-18-22-16(21-14)19-11-4-2-3-5-11/h6-9,11H,2-5H2,1H3,(H2,19,20,21,22). The highest BCUT2D eigenvalue weighted by Crippen LogP contribution is 2.26. The minimum absolute atomic E-state index is 0.397. The lowest BCUT2D eigenvalue weighted by Gasteiger charge is -2.13. The third-order valence-corrected chi connectivity index (χ3v) is 4.23. The highest BCUT2D eigenvalue weighted by molar-refractivity contribution is 6.33. The second kappa shape index (κ2) is 7.44. The zero-order chi connectivity index (χ0) is 16.9. The summed E-state index contributed by atoms with van der Waals surface area (Å²) in [5, 5.41) is 14.8. The van der Waals surface area contributed by atoms with E-state index in [1.807, 2.05) is 0 Å². The molecular weight excluding hydrogens is 330 g/mol. The number of hydrogen-bond acceptors (Lipinski definition) is 7. The highest BCUT2D eigenvalue weighted by Gasteiger charge is 2.16. The largest absolute Gasteiger partial charge is 0.465 e. The van der Waals surface area contributed by atoms with Gasteiger partial charge in [0.1, 0.15) is 0 Å². The lowest BCUT2D eigenvalue weighted by molar-refractivity contribution is 0.0601. The molecule has 2 aromatic rings. The Labute approximate surface area is 144 Å². The van der Waals surface area contributed by atoms with Crippen molar-refractivity contribution in [2.45, 2.75) is 31.7 Å². The number of anilines is 3. The quantitative estimate of drug-likeness (QED) is 0.801. The van der Waals surface area contributed by atoms with Crippen LogP contribution in [0.2, 0.25) is 5.02 Å². The van der Waals surface area contributed by atoms with Crippen molar-refractivity contribution in [3.05, 3.63) is 35.0 Å². The summed E-state index contributed by atoms with van der Waals surface area (Å²) >= 11 is 6.18. The third-order valence-electron chi connectivity index (χ3n) is 3.90. The maximum Gasteiger partial charge on any atom is 0.337 e. The molecule has 0 unspecified atom stereocenters. The normalized spacial score (nSPS) is 14.4. The van der Waals surface area contributed by atoms with Gasteiger partial charge in [-0.1, -0.05) is 24.4 Å². The Morgan fingerprint density at radius 2 is 2.12 bits per heavy atom. The second-order valence-electron chi connectivity index (χ2n) is 5.60. The zero-order valence-corrected chi connectivity index (χ0v) is 14.0. The number of rotatable bonds is 5. The van der Waals surface area contributed by atoms with Crippen LogP contribution in [0.5, 0.6) is 0 Å². The fourth-order valence-corrected chi connectivity index (χ4v) is 2.85. The summed E-state index contributed by atoms with van der Waals surface area (Å²) in [5.74, 6) is 0.542. The number of carbonyl (C=O) groups excluding carboxylic acids is 1. The summed E-state index contributed by atoms with van der Waals surface area (Å²) in [7, 11) is 1.33. The molecule has 126 valence electrons. The van der Waals surface area contributed by atoms with E-state index in [2.05, 4.69) is 25.8 Å². The van der Waals surface area contributed by atoms with E-state index in [4.69, 9.17) is 16.3 Å². The number of halogens is 1. The van der Waals surface area contributed by atoms with Gasteiger partial charge in [0.25, 0.3) is 0 Å². The Morgan fingerprint density at radius 1 is 1.33 bits per heavy atom. The molecule has 0 amide bonds.